The maximum Gasteiger partial charge on any atom is 0.190 e. The van der Waals surface area contributed by atoms with Crippen molar-refractivity contribution in [2.24, 2.45) is 10.7 Å². The fourth-order valence-electron chi connectivity index (χ4n) is 4.37. The lowest BCUT2D eigenvalue weighted by molar-refractivity contribution is -0.0308. The van der Waals surface area contributed by atoms with E-state index in [0.29, 0.717) is 23.7 Å². The molecular weight excluding hydrogens is 453 g/mol. The molecule has 3 aromatic rings. The van der Waals surface area contributed by atoms with E-state index in [2.05, 4.69) is 15.7 Å². The van der Waals surface area contributed by atoms with Gasteiger partial charge in [0.2, 0.25) is 0 Å². The molecule has 0 saturated carbocycles. The van der Waals surface area contributed by atoms with E-state index in [1.807, 2.05) is 24.4 Å². The zero-order valence-electron chi connectivity index (χ0n) is 18.9. The molecule has 3 heterocycles. The average molecular weight is 480 g/mol. The maximum atomic E-state index is 13.3. The number of hydrazine groups is 1. The zero-order valence-corrected chi connectivity index (χ0v) is 18.9. The number of hydrogen-bond acceptors (Lipinski definition) is 7. The molecule has 7 N–H and O–H groups in total. The van der Waals surface area contributed by atoms with Crippen molar-refractivity contribution in [2.45, 2.75) is 38.0 Å². The van der Waals surface area contributed by atoms with Crippen LogP contribution in [-0.4, -0.2) is 50.4 Å². The maximum absolute atomic E-state index is 13.3. The first-order chi connectivity index (χ1) is 16.8. The van der Waals surface area contributed by atoms with E-state index >= 15 is 0 Å². The van der Waals surface area contributed by atoms with Crippen LogP contribution in [0.3, 0.4) is 0 Å². The minimum absolute atomic E-state index is 0.175. The molecule has 10 nitrogen and oxygen atoms in total. The summed E-state index contributed by atoms with van der Waals surface area (Å²) in [6.45, 7) is 2.11. The highest BCUT2D eigenvalue weighted by molar-refractivity contribution is 5.91. The number of aliphatic imine (C=N–C) groups is 1. The molecule has 2 aliphatic rings. The number of aliphatic hydroxyl groups excluding tert-OH is 2. The summed E-state index contributed by atoms with van der Waals surface area (Å²) in [5, 5.41) is 33.0. The fraction of sp³-hybridized carbons (Fsp3) is 0.250. The number of aliphatic hydroxyl groups is 2. The van der Waals surface area contributed by atoms with Crippen LogP contribution in [0, 0.1) is 11.2 Å². The molecule has 2 aliphatic heterocycles. The molecule has 0 radical (unpaired) electrons. The summed E-state index contributed by atoms with van der Waals surface area (Å²) in [6, 6.07) is 13.4. The Bertz CT molecular complexity index is 1280. The van der Waals surface area contributed by atoms with E-state index in [1.165, 1.54) is 12.1 Å². The van der Waals surface area contributed by atoms with Gasteiger partial charge < -0.3 is 30.6 Å². The number of halogens is 1. The van der Waals surface area contributed by atoms with Crippen LogP contribution in [0.25, 0.3) is 11.1 Å². The van der Waals surface area contributed by atoms with Crippen molar-refractivity contribution in [2.75, 3.05) is 10.7 Å². The van der Waals surface area contributed by atoms with Crippen molar-refractivity contribution in [1.82, 2.24) is 9.58 Å². The first-order valence-electron chi connectivity index (χ1n) is 11.1. The Kier molecular flexibility index (Phi) is 5.89. The molecule has 0 aliphatic carbocycles. The van der Waals surface area contributed by atoms with Gasteiger partial charge in [0.15, 0.2) is 12.2 Å². The molecule has 0 unspecified atom stereocenters. The van der Waals surface area contributed by atoms with Crippen LogP contribution in [0.15, 0.2) is 59.7 Å². The molecular formula is C24H26FN7O3. The van der Waals surface area contributed by atoms with E-state index in [0.717, 1.165) is 16.7 Å². The standard InChI is InChI=1S/C24H26FN7O3/c1-13-20(33)21(34)23(35-13)32-11-18(14-3-2-4-17(9-14)29-24(26)27)19-10-31(12-28-22(19)32)30-16-7-5-15(25)6-8-16/h2-9,11-13,20-21,23,30,33-34H,10H2,1H3,(H4,26,27,29)/t13-,20-,21-,23-/m1/s1. The lowest BCUT2D eigenvalue weighted by Gasteiger charge is -2.26. The number of aromatic nitrogens is 1. The van der Waals surface area contributed by atoms with Gasteiger partial charge in [0.25, 0.3) is 0 Å². The van der Waals surface area contributed by atoms with Gasteiger partial charge in [-0.25, -0.2) is 9.38 Å². The van der Waals surface area contributed by atoms with Gasteiger partial charge in [-0.3, -0.25) is 15.8 Å². The number of guanidine groups is 1. The summed E-state index contributed by atoms with van der Waals surface area (Å²) in [5.74, 6) is 0.0917. The van der Waals surface area contributed by atoms with Crippen molar-refractivity contribution in [3.05, 3.63) is 66.1 Å². The second kappa shape index (κ2) is 9.02. The van der Waals surface area contributed by atoms with Crippen molar-refractivity contribution in [1.29, 1.82) is 5.41 Å². The third-order valence-electron chi connectivity index (χ3n) is 6.08. The Balaban J connectivity index is 1.54. The summed E-state index contributed by atoms with van der Waals surface area (Å²) >= 11 is 0. The molecule has 4 atom stereocenters. The number of anilines is 2. The molecule has 182 valence electrons. The largest absolute Gasteiger partial charge is 0.388 e. The lowest BCUT2D eigenvalue weighted by atomic mass is 10.0. The summed E-state index contributed by atoms with van der Waals surface area (Å²) in [4.78, 5) is 4.62. The van der Waals surface area contributed by atoms with Crippen molar-refractivity contribution in [3.8, 4) is 11.1 Å². The second-order valence-corrected chi connectivity index (χ2v) is 8.58. The summed E-state index contributed by atoms with van der Waals surface area (Å²) in [5.41, 5.74) is 12.6. The number of hydrogen-bond donors (Lipinski definition) is 6. The minimum Gasteiger partial charge on any atom is -0.388 e. The van der Waals surface area contributed by atoms with E-state index in [4.69, 9.17) is 15.9 Å². The van der Waals surface area contributed by atoms with Crippen molar-refractivity contribution >= 4 is 29.5 Å². The van der Waals surface area contributed by atoms with E-state index < -0.39 is 24.5 Å². The van der Waals surface area contributed by atoms with Gasteiger partial charge in [0, 0.05) is 23.0 Å². The minimum atomic E-state index is -1.12. The summed E-state index contributed by atoms with van der Waals surface area (Å²) in [6.07, 6.45) is -0.0338. The molecule has 0 spiro atoms. The average Bonchev–Trinajstić information content (AvgIpc) is 3.32. The molecule has 35 heavy (non-hydrogen) atoms. The molecule has 1 saturated heterocycles. The van der Waals surface area contributed by atoms with Gasteiger partial charge in [-0.05, 0) is 48.9 Å². The van der Waals surface area contributed by atoms with E-state index in [1.54, 1.807) is 41.0 Å². The highest BCUT2D eigenvalue weighted by atomic mass is 19.1. The van der Waals surface area contributed by atoms with Crippen LogP contribution < -0.4 is 16.5 Å². The highest BCUT2D eigenvalue weighted by Gasteiger charge is 2.42. The number of nitrogens with zero attached hydrogens (tertiary/aromatic N) is 3. The van der Waals surface area contributed by atoms with Gasteiger partial charge in [-0.2, -0.15) is 0 Å². The molecule has 5 rings (SSSR count). The van der Waals surface area contributed by atoms with Crippen LogP contribution in [0.5, 0.6) is 0 Å². The molecule has 11 heteroatoms. The number of ether oxygens (including phenoxy) is 1. The number of nitrogens with one attached hydrogen (secondary N) is 3. The van der Waals surface area contributed by atoms with Gasteiger partial charge in [-0.15, -0.1) is 0 Å². The Morgan fingerprint density at radius 2 is 1.94 bits per heavy atom. The summed E-state index contributed by atoms with van der Waals surface area (Å²) in [7, 11) is 0. The number of benzene rings is 2. The van der Waals surface area contributed by atoms with Gasteiger partial charge in [-0.1, -0.05) is 12.1 Å². The van der Waals surface area contributed by atoms with E-state index in [9.17, 15) is 14.6 Å². The van der Waals surface area contributed by atoms with Crippen LogP contribution in [0.1, 0.15) is 18.7 Å². The molecule has 2 aromatic carbocycles. The monoisotopic (exact) mass is 479 g/mol. The molecule has 1 fully saturated rings. The Morgan fingerprint density at radius 1 is 1.17 bits per heavy atom. The molecule has 0 amide bonds. The molecule has 0 bridgehead atoms. The van der Waals surface area contributed by atoms with Gasteiger partial charge in [0.05, 0.1) is 18.3 Å². The second-order valence-electron chi connectivity index (χ2n) is 8.58. The topological polar surface area (TPSA) is 144 Å². The zero-order chi connectivity index (χ0) is 24.7. The summed E-state index contributed by atoms with van der Waals surface area (Å²) < 4.78 is 20.9. The van der Waals surface area contributed by atoms with E-state index in [-0.39, 0.29) is 11.8 Å². The van der Waals surface area contributed by atoms with Crippen molar-refractivity contribution in [3.63, 3.8) is 0 Å². The molecule has 1 aromatic heterocycles. The Morgan fingerprint density at radius 3 is 2.63 bits per heavy atom. The quantitative estimate of drug-likeness (QED) is 0.244. The SMILES string of the molecule is C[C@H]1O[C@@H](n2cc(-c3cccc(NC(=N)N)c3)c3c2N=CN(Nc2ccc(F)cc2)C3)[C@H](O)[C@@H]1O. The van der Waals surface area contributed by atoms with Gasteiger partial charge >= 0.3 is 0 Å². The normalized spacial score (nSPS) is 23.3. The number of rotatable bonds is 5. The van der Waals surface area contributed by atoms with Crippen LogP contribution >= 0.6 is 0 Å². The smallest absolute Gasteiger partial charge is 0.190 e. The third-order valence-corrected chi connectivity index (χ3v) is 6.08. The predicted molar refractivity (Wildman–Crippen MR) is 131 cm³/mol. The van der Waals surface area contributed by atoms with Crippen LogP contribution in [-0.2, 0) is 11.3 Å². The lowest BCUT2D eigenvalue weighted by Crippen LogP contribution is -2.31. The van der Waals surface area contributed by atoms with Crippen LogP contribution in [0.2, 0.25) is 0 Å². The van der Waals surface area contributed by atoms with Crippen LogP contribution in [0.4, 0.5) is 21.6 Å². The van der Waals surface area contributed by atoms with Crippen molar-refractivity contribution < 1.29 is 19.3 Å². The predicted octanol–water partition coefficient (Wildman–Crippen LogP) is 2.74. The van der Waals surface area contributed by atoms with Gasteiger partial charge in [0.1, 0.15) is 30.2 Å². The first kappa shape index (κ1) is 22.8. The number of fused-ring (bicyclic) bond motifs is 1. The number of nitrogens with two attached hydrogens (primary N) is 1. The third kappa shape index (κ3) is 4.44. The Hall–Kier alpha value is -3.93. The highest BCUT2D eigenvalue weighted by Crippen LogP contribution is 2.42. The first-order valence-corrected chi connectivity index (χ1v) is 11.1. The fourth-order valence-corrected chi connectivity index (χ4v) is 4.37. The Labute approximate surface area is 200 Å².